The van der Waals surface area contributed by atoms with Crippen LogP contribution in [0.5, 0.6) is 0 Å². The van der Waals surface area contributed by atoms with Crippen molar-refractivity contribution in [1.29, 1.82) is 0 Å². The lowest BCUT2D eigenvalue weighted by atomic mass is 10.0. The molecule has 3 aliphatic carbocycles. The molecule has 9 unspecified atom stereocenters. The van der Waals surface area contributed by atoms with Gasteiger partial charge in [-0.1, -0.05) is 12.8 Å². The van der Waals surface area contributed by atoms with Gasteiger partial charge in [-0.25, -0.2) is 0 Å². The molecule has 9 heterocycles. The molecule has 0 N–H and O–H groups in total. The van der Waals surface area contributed by atoms with Gasteiger partial charge in [0.25, 0.3) is 0 Å². The number of nitrogens with zero attached hydrogens (tertiary/aromatic N) is 6. The Labute approximate surface area is 737 Å². The summed E-state index contributed by atoms with van der Waals surface area (Å²) in [7, 11) is 6.63. The number of fused-ring (bicyclic) bond motifs is 3. The summed E-state index contributed by atoms with van der Waals surface area (Å²) in [4.78, 5) is 14.0. The van der Waals surface area contributed by atoms with Gasteiger partial charge in [0, 0.05) is 117 Å². The zero-order chi connectivity index (χ0) is 96.4. The third-order valence-corrected chi connectivity index (χ3v) is 21.6. The van der Waals surface area contributed by atoms with Crippen molar-refractivity contribution in [2.45, 2.75) is 371 Å². The molecule has 696 valence electrons. The number of piperidine rings is 2. The van der Waals surface area contributed by atoms with Crippen LogP contribution in [0.3, 0.4) is 0 Å². The van der Waals surface area contributed by atoms with Crippen LogP contribution in [0.2, 0.25) is 0 Å². The van der Waals surface area contributed by atoms with Crippen molar-refractivity contribution < 1.29 is 75.3 Å². The Kier molecular flexibility index (Phi) is 42.5. The Balaban J connectivity index is 0.000000300. The van der Waals surface area contributed by atoms with Gasteiger partial charge in [0.05, 0.1) is 130 Å². The maximum atomic E-state index is 8.48. The smallest absolute Gasteiger partial charge is 0.0837 e. The molecular formula is C98H196N6O13. The first-order valence-electron chi connectivity index (χ1n) is 51.4. The van der Waals surface area contributed by atoms with Crippen LogP contribution in [0.25, 0.3) is 0 Å². The second-order valence-corrected chi connectivity index (χ2v) is 44.4. The van der Waals surface area contributed by atoms with Gasteiger partial charge in [0.15, 0.2) is 0 Å². The van der Waals surface area contributed by atoms with Crippen LogP contribution >= 0.6 is 0 Å². The lowest BCUT2D eigenvalue weighted by molar-refractivity contribution is -0.0608. The van der Waals surface area contributed by atoms with E-state index in [-0.39, 0.29) is 64.0 Å². The van der Waals surface area contributed by atoms with Crippen molar-refractivity contribution in [2.24, 2.45) is 53.2 Å². The molecular weight excluding hydrogens is 1470 g/mol. The van der Waals surface area contributed by atoms with Crippen LogP contribution in [0, 0.1) is 53.2 Å². The molecule has 0 spiro atoms. The Morgan fingerprint density at radius 1 is 0.333 bits per heavy atom. The lowest BCUT2D eigenvalue weighted by Gasteiger charge is -2.27. The standard InChI is InChI=1S/3C13H25NO.2C12H25NO.C11H23NO2.3C8H16O2/c3*1-13(2,3)15-9-10-5-11-7-14(4)8-12(11)6-10;2*1-12(2,3)14-11-7-10-13-8-5-4-6-9-13;1-11(2,3)14-8-4-5-12-6-9-13-10-7-12;3*1-8(2,3)10-7-4-5-9-6-7/h3*10-12H,5-9H2,1-4H3;2*4-11H2,1-3H3;4-10H2,1-3H3;3*7H,4-6H2,1-3H3/i2*10D;;10D2;;8D2;5D2,7D;7D;. The molecule has 0 amide bonds. The normalized spacial score (nSPS) is 32.9. The van der Waals surface area contributed by atoms with Crippen molar-refractivity contribution >= 4 is 0 Å². The predicted octanol–water partition coefficient (Wildman–Crippen LogP) is 18.8. The quantitative estimate of drug-likeness (QED) is 0.101. The minimum atomic E-state index is -1.72. The summed E-state index contributed by atoms with van der Waals surface area (Å²) in [5, 5.41) is 0. The Morgan fingerprint density at radius 2 is 0.692 bits per heavy atom. The molecule has 0 aromatic carbocycles. The van der Waals surface area contributed by atoms with E-state index in [1.54, 1.807) is 0 Å². The fraction of sp³-hybridized carbons (Fsp3) is 1.00. The predicted molar refractivity (Wildman–Crippen MR) is 488 cm³/mol. The molecule has 12 fully saturated rings. The first kappa shape index (κ1) is 92.4. The topological polar surface area (TPSA) is 139 Å². The van der Waals surface area contributed by atoms with Crippen LogP contribution in [-0.4, -0.2) is 310 Å². The van der Waals surface area contributed by atoms with Crippen molar-refractivity contribution in [3.8, 4) is 0 Å². The Morgan fingerprint density at radius 3 is 1.07 bits per heavy atom. The summed E-state index contributed by atoms with van der Waals surface area (Å²) in [6.07, 6.45) is 16.6. The van der Waals surface area contributed by atoms with E-state index in [1.165, 1.54) is 104 Å². The van der Waals surface area contributed by atoms with Crippen molar-refractivity contribution in [3.05, 3.63) is 0 Å². The number of hydrogen-bond acceptors (Lipinski definition) is 19. The summed E-state index contributed by atoms with van der Waals surface area (Å²) in [5.74, 6) is 5.09. The van der Waals surface area contributed by atoms with E-state index in [9.17, 15) is 0 Å². The first-order valence-corrected chi connectivity index (χ1v) is 46.4. The Hall–Kier alpha value is -0.760. The molecule has 0 aromatic heterocycles. The van der Waals surface area contributed by atoms with Gasteiger partial charge in [-0.05, 0) is 390 Å². The van der Waals surface area contributed by atoms with Gasteiger partial charge >= 0.3 is 0 Å². The second kappa shape index (κ2) is 53.8. The third kappa shape index (κ3) is 56.8. The largest absolute Gasteiger partial charge is 0.379 e. The molecule has 19 heteroatoms. The van der Waals surface area contributed by atoms with Crippen molar-refractivity contribution in [2.75, 3.05) is 212 Å². The molecule has 12 rings (SSSR count). The molecule has 0 radical (unpaired) electrons. The number of likely N-dealkylation sites (tertiary alicyclic amines) is 5. The molecule has 9 aliphatic heterocycles. The second-order valence-electron chi connectivity index (χ2n) is 44.4. The van der Waals surface area contributed by atoms with E-state index in [1.807, 2.05) is 88.0 Å². The zero-order valence-electron chi connectivity index (χ0n) is 91.7. The van der Waals surface area contributed by atoms with Gasteiger partial charge < -0.3 is 86.1 Å². The highest BCUT2D eigenvalue weighted by Crippen LogP contribution is 2.44. The average Bonchev–Trinajstić information content (AvgIpc) is 1.65. The zero-order valence-corrected chi connectivity index (χ0v) is 81.7. The number of ether oxygens (including phenoxy) is 13. The highest BCUT2D eigenvalue weighted by atomic mass is 16.6. The minimum Gasteiger partial charge on any atom is -0.379 e. The maximum Gasteiger partial charge on any atom is 0.0837 e. The van der Waals surface area contributed by atoms with Crippen LogP contribution in [0.4, 0.5) is 0 Å². The minimum absolute atomic E-state index is 0.00271. The SMILES string of the molecule is CC(C)(C)OC1CCOC1.CC(C)(C)OCCCN1CCCCC1.CN1CC2CC(COC(C)(C)C)CC2C1.[2H]C([2H])(CCN1CCOCC1)OC(C)(C)C.[2H]C([2H])(CCOC(C)(C)C)N1CCCCC1.[2H]C1(COC(C)(C)C)CC2CN(C)CC2C1.[2H]C1(COC(C)(C)C)CC2CN(C)CC2C1.[2H]C1(OC(C)(C)C)CCOC1.[2H]C1([2H])CC([2H])(OC(C)(C)C)CO1. The van der Waals surface area contributed by atoms with Crippen molar-refractivity contribution in [1.82, 2.24) is 29.4 Å². The molecule has 9 atom stereocenters. The third-order valence-electron chi connectivity index (χ3n) is 21.6. The highest BCUT2D eigenvalue weighted by Gasteiger charge is 2.43. The number of hydrogen-bond donors (Lipinski definition) is 0. The summed E-state index contributed by atoms with van der Waals surface area (Å²) >= 11 is 0. The van der Waals surface area contributed by atoms with Gasteiger partial charge in [-0.3, -0.25) is 4.90 Å². The van der Waals surface area contributed by atoms with Crippen LogP contribution in [-0.2, 0) is 61.6 Å². The van der Waals surface area contributed by atoms with E-state index in [0.29, 0.717) is 58.4 Å². The number of rotatable bonds is 21. The summed E-state index contributed by atoms with van der Waals surface area (Å²) in [5.41, 5.74) is -1.45. The van der Waals surface area contributed by atoms with E-state index in [2.05, 4.69) is 149 Å². The molecule has 0 bridgehead atoms. The summed E-state index contributed by atoms with van der Waals surface area (Å²) in [6, 6.07) is 0. The molecule has 0 aromatic rings. The van der Waals surface area contributed by atoms with Crippen LogP contribution < -0.4 is 0 Å². The monoisotopic (exact) mass is 1680 g/mol. The summed E-state index contributed by atoms with van der Waals surface area (Å²) in [6.45, 7) is 73.3. The average molecular weight is 1680 g/mol. The van der Waals surface area contributed by atoms with Crippen molar-refractivity contribution in [3.63, 3.8) is 0 Å². The van der Waals surface area contributed by atoms with Gasteiger partial charge in [-0.2, -0.15) is 0 Å². The molecule has 19 nitrogen and oxygen atoms in total. The molecule has 117 heavy (non-hydrogen) atoms. The fourth-order valence-corrected chi connectivity index (χ4v) is 16.6. The first-order chi connectivity index (χ1) is 57.8. The summed E-state index contributed by atoms with van der Waals surface area (Å²) < 4.78 is 150. The molecule has 9 saturated heterocycles. The van der Waals surface area contributed by atoms with Crippen LogP contribution in [0.15, 0.2) is 0 Å². The lowest BCUT2D eigenvalue weighted by Crippen LogP contribution is -2.37. The van der Waals surface area contributed by atoms with Crippen LogP contribution in [0.1, 0.15) is 316 Å². The van der Waals surface area contributed by atoms with Gasteiger partial charge in [0.1, 0.15) is 0 Å². The van der Waals surface area contributed by atoms with E-state index in [0.717, 1.165) is 159 Å². The Bertz CT molecular complexity index is 2880. The molecule has 3 saturated carbocycles. The van der Waals surface area contributed by atoms with E-state index < -0.39 is 43.0 Å². The maximum absolute atomic E-state index is 8.48. The number of morpholine rings is 1. The van der Waals surface area contributed by atoms with Gasteiger partial charge in [0.2, 0.25) is 0 Å². The highest BCUT2D eigenvalue weighted by molar-refractivity contribution is 4.94. The fourth-order valence-electron chi connectivity index (χ4n) is 16.6. The van der Waals surface area contributed by atoms with E-state index in [4.69, 9.17) is 75.3 Å². The van der Waals surface area contributed by atoms with Gasteiger partial charge in [-0.15, -0.1) is 0 Å². The molecule has 12 aliphatic rings. The van der Waals surface area contributed by atoms with E-state index >= 15 is 0 Å².